The first-order valence-electron chi connectivity index (χ1n) is 4.41. The van der Waals surface area contributed by atoms with Crippen molar-refractivity contribution in [3.63, 3.8) is 0 Å². The van der Waals surface area contributed by atoms with E-state index in [-0.39, 0.29) is 11.6 Å². The number of rotatable bonds is 2. The van der Waals surface area contributed by atoms with Crippen LogP contribution in [-0.2, 0) is 6.18 Å². The zero-order chi connectivity index (χ0) is 12.5. The van der Waals surface area contributed by atoms with E-state index in [1.165, 1.54) is 12.7 Å². The molecule has 0 unspecified atom stereocenters. The fourth-order valence-electron chi connectivity index (χ4n) is 1.20. The summed E-state index contributed by atoms with van der Waals surface area (Å²) in [6.07, 6.45) is -2.05. The quantitative estimate of drug-likeness (QED) is 0.607. The summed E-state index contributed by atoms with van der Waals surface area (Å²) < 4.78 is 38.9. The predicted molar refractivity (Wildman–Crippen MR) is 52.0 cm³/mol. The van der Waals surface area contributed by atoms with Crippen molar-refractivity contribution < 1.29 is 13.2 Å². The van der Waals surface area contributed by atoms with Gasteiger partial charge in [-0.15, -0.1) is 0 Å². The second kappa shape index (κ2) is 4.01. The highest BCUT2D eigenvalue weighted by Crippen LogP contribution is 2.31. The van der Waals surface area contributed by atoms with Gasteiger partial charge in [-0.1, -0.05) is 0 Å². The summed E-state index contributed by atoms with van der Waals surface area (Å²) in [4.78, 5) is 7.46. The minimum Gasteiger partial charge on any atom is -0.308 e. The van der Waals surface area contributed by atoms with E-state index in [1.807, 2.05) is 0 Å². The van der Waals surface area contributed by atoms with Gasteiger partial charge in [-0.2, -0.15) is 18.3 Å². The van der Waals surface area contributed by atoms with Crippen molar-refractivity contribution in [2.45, 2.75) is 6.18 Å². The molecule has 3 N–H and O–H groups in total. The van der Waals surface area contributed by atoms with Gasteiger partial charge in [0.05, 0.1) is 5.56 Å². The van der Waals surface area contributed by atoms with Crippen molar-refractivity contribution >= 4 is 5.82 Å². The number of nitrogen functional groups attached to an aromatic ring is 1. The number of hydrazine groups is 1. The second-order valence-electron chi connectivity index (χ2n) is 3.08. The Bertz CT molecular complexity index is 506. The fourth-order valence-corrected chi connectivity index (χ4v) is 1.20. The van der Waals surface area contributed by atoms with Crippen LogP contribution in [0.15, 0.2) is 24.8 Å². The van der Waals surface area contributed by atoms with E-state index in [4.69, 9.17) is 5.84 Å². The second-order valence-corrected chi connectivity index (χ2v) is 3.08. The molecular formula is C8H7F3N6. The van der Waals surface area contributed by atoms with E-state index < -0.39 is 11.7 Å². The third-order valence-corrected chi connectivity index (χ3v) is 1.94. The Kier molecular flexibility index (Phi) is 2.68. The molecule has 2 heterocycles. The van der Waals surface area contributed by atoms with Crippen molar-refractivity contribution in [3.05, 3.63) is 30.4 Å². The lowest BCUT2D eigenvalue weighted by Gasteiger charge is -2.10. The molecule has 6 nitrogen and oxygen atoms in total. The molecule has 2 rings (SSSR count). The number of anilines is 1. The molecule has 9 heteroatoms. The van der Waals surface area contributed by atoms with Crippen molar-refractivity contribution in [1.82, 2.24) is 19.7 Å². The van der Waals surface area contributed by atoms with Gasteiger partial charge in [0, 0.05) is 0 Å². The van der Waals surface area contributed by atoms with Crippen LogP contribution in [0, 0.1) is 0 Å². The minimum atomic E-state index is -4.48. The third-order valence-electron chi connectivity index (χ3n) is 1.94. The Hall–Kier alpha value is -2.16. The zero-order valence-corrected chi connectivity index (χ0v) is 8.31. The van der Waals surface area contributed by atoms with Gasteiger partial charge in [0.1, 0.15) is 18.5 Å². The van der Waals surface area contributed by atoms with Gasteiger partial charge in [-0.3, -0.25) is 0 Å². The number of alkyl halides is 3. The molecule has 17 heavy (non-hydrogen) atoms. The highest BCUT2D eigenvalue weighted by Gasteiger charge is 2.31. The maximum atomic E-state index is 12.6. The van der Waals surface area contributed by atoms with Gasteiger partial charge in [-0.25, -0.2) is 20.5 Å². The molecule has 0 spiro atoms. The summed E-state index contributed by atoms with van der Waals surface area (Å²) in [6.45, 7) is 0. The fraction of sp³-hybridized carbons (Fsp3) is 0.125. The van der Waals surface area contributed by atoms with Crippen molar-refractivity contribution in [2.24, 2.45) is 5.84 Å². The number of nitrogens with one attached hydrogen (secondary N) is 1. The first kappa shape index (κ1) is 11.3. The smallest absolute Gasteiger partial charge is 0.308 e. The number of hydrogen-bond donors (Lipinski definition) is 2. The average Bonchev–Trinajstić information content (AvgIpc) is 2.80. The van der Waals surface area contributed by atoms with Crippen LogP contribution < -0.4 is 11.3 Å². The summed E-state index contributed by atoms with van der Waals surface area (Å²) in [5, 5.41) is 3.69. The SMILES string of the molecule is NNc1cc(C(F)(F)F)cc(-n2cncn2)n1. The lowest BCUT2D eigenvalue weighted by atomic mass is 10.2. The third kappa shape index (κ3) is 2.33. The largest absolute Gasteiger partial charge is 0.416 e. The predicted octanol–water partition coefficient (Wildman–Crippen LogP) is 0.967. The van der Waals surface area contributed by atoms with E-state index in [9.17, 15) is 13.2 Å². The molecule has 0 aliphatic carbocycles. The van der Waals surface area contributed by atoms with Crippen LogP contribution in [0.4, 0.5) is 19.0 Å². The highest BCUT2D eigenvalue weighted by atomic mass is 19.4. The molecule has 0 aromatic carbocycles. The molecule has 0 atom stereocenters. The topological polar surface area (TPSA) is 81.6 Å². The van der Waals surface area contributed by atoms with Gasteiger partial charge in [0.2, 0.25) is 0 Å². The van der Waals surface area contributed by atoms with Crippen LogP contribution in [-0.4, -0.2) is 19.7 Å². The molecule has 0 saturated carbocycles. The molecular weight excluding hydrogens is 237 g/mol. The summed E-state index contributed by atoms with van der Waals surface area (Å²) in [6, 6.07) is 1.66. The lowest BCUT2D eigenvalue weighted by molar-refractivity contribution is -0.137. The van der Waals surface area contributed by atoms with E-state index in [2.05, 4.69) is 20.5 Å². The molecule has 2 aromatic heterocycles. The Balaban J connectivity index is 2.54. The van der Waals surface area contributed by atoms with Gasteiger partial charge in [0.25, 0.3) is 0 Å². The van der Waals surface area contributed by atoms with Gasteiger partial charge >= 0.3 is 6.18 Å². The first-order valence-corrected chi connectivity index (χ1v) is 4.41. The number of halogens is 3. The van der Waals surface area contributed by atoms with Crippen LogP contribution in [0.3, 0.4) is 0 Å². The van der Waals surface area contributed by atoms with Gasteiger partial charge < -0.3 is 5.43 Å². The van der Waals surface area contributed by atoms with E-state index in [0.29, 0.717) is 0 Å². The van der Waals surface area contributed by atoms with Crippen LogP contribution in [0.5, 0.6) is 0 Å². The number of hydrogen-bond acceptors (Lipinski definition) is 5. The normalized spacial score (nSPS) is 11.5. The van der Waals surface area contributed by atoms with E-state index in [0.717, 1.165) is 16.8 Å². The van der Waals surface area contributed by atoms with E-state index in [1.54, 1.807) is 0 Å². The number of nitrogens with zero attached hydrogens (tertiary/aromatic N) is 4. The van der Waals surface area contributed by atoms with Crippen LogP contribution in [0.2, 0.25) is 0 Å². The number of nitrogens with two attached hydrogens (primary N) is 1. The maximum absolute atomic E-state index is 12.6. The molecule has 90 valence electrons. The van der Waals surface area contributed by atoms with Crippen molar-refractivity contribution in [2.75, 3.05) is 5.43 Å². The number of pyridine rings is 1. The van der Waals surface area contributed by atoms with Crippen LogP contribution >= 0.6 is 0 Å². The van der Waals surface area contributed by atoms with Crippen LogP contribution in [0.25, 0.3) is 5.82 Å². The summed E-state index contributed by atoms with van der Waals surface area (Å²) >= 11 is 0. The van der Waals surface area contributed by atoms with Crippen molar-refractivity contribution in [1.29, 1.82) is 0 Å². The monoisotopic (exact) mass is 244 g/mol. The minimum absolute atomic E-state index is 0.0229. The summed E-state index contributed by atoms with van der Waals surface area (Å²) in [7, 11) is 0. The summed E-state index contributed by atoms with van der Waals surface area (Å²) in [5.74, 6) is 4.93. The molecule has 0 radical (unpaired) electrons. The van der Waals surface area contributed by atoms with Crippen LogP contribution in [0.1, 0.15) is 5.56 Å². The molecule has 0 bridgehead atoms. The van der Waals surface area contributed by atoms with Gasteiger partial charge in [0.15, 0.2) is 5.82 Å². The first-order chi connectivity index (χ1) is 8.00. The molecule has 0 saturated heterocycles. The Morgan fingerprint density at radius 3 is 2.59 bits per heavy atom. The highest BCUT2D eigenvalue weighted by molar-refractivity contribution is 5.43. The lowest BCUT2D eigenvalue weighted by Crippen LogP contribution is -2.14. The number of aromatic nitrogens is 4. The van der Waals surface area contributed by atoms with Crippen molar-refractivity contribution in [3.8, 4) is 5.82 Å². The summed E-state index contributed by atoms with van der Waals surface area (Å²) in [5.41, 5.74) is 1.20. The Labute approximate surface area is 93.3 Å². The van der Waals surface area contributed by atoms with Gasteiger partial charge in [-0.05, 0) is 12.1 Å². The average molecular weight is 244 g/mol. The Morgan fingerprint density at radius 1 is 1.29 bits per heavy atom. The molecule has 0 fully saturated rings. The zero-order valence-electron chi connectivity index (χ0n) is 8.31. The Morgan fingerprint density at radius 2 is 2.06 bits per heavy atom. The maximum Gasteiger partial charge on any atom is 0.416 e. The molecule has 0 amide bonds. The van der Waals surface area contributed by atoms with E-state index >= 15 is 0 Å². The standard InChI is InChI=1S/C8H7F3N6/c9-8(10,11)5-1-6(16-12)15-7(2-5)17-4-13-3-14-17/h1-4H,12H2,(H,15,16). The molecule has 0 aliphatic heterocycles. The molecule has 2 aromatic rings. The molecule has 0 aliphatic rings.